The highest BCUT2D eigenvalue weighted by Gasteiger charge is 2.47. The van der Waals surface area contributed by atoms with Crippen LogP contribution in [0, 0.1) is 0 Å². The predicted molar refractivity (Wildman–Crippen MR) is 66.8 cm³/mol. The van der Waals surface area contributed by atoms with Crippen LogP contribution in [-0.2, 0) is 15.9 Å². The van der Waals surface area contributed by atoms with Gasteiger partial charge in [-0.15, -0.1) is 0 Å². The second-order valence-electron chi connectivity index (χ2n) is 5.29. The third-order valence-electron chi connectivity index (χ3n) is 3.94. The quantitative estimate of drug-likeness (QED) is 0.779. The molecule has 1 aromatic rings. The van der Waals surface area contributed by atoms with E-state index < -0.39 is 0 Å². The molecule has 0 N–H and O–H groups in total. The van der Waals surface area contributed by atoms with Crippen molar-refractivity contribution in [2.24, 2.45) is 0 Å². The summed E-state index contributed by atoms with van der Waals surface area (Å²) < 4.78 is 12.3. The van der Waals surface area contributed by atoms with Crippen molar-refractivity contribution in [1.82, 2.24) is 0 Å². The summed E-state index contributed by atoms with van der Waals surface area (Å²) in [6.07, 6.45) is 6.02. The zero-order chi connectivity index (χ0) is 11.7. The Morgan fingerprint density at radius 1 is 1.12 bits per heavy atom. The van der Waals surface area contributed by atoms with Crippen LogP contribution in [0.25, 0.3) is 0 Å². The first kappa shape index (κ1) is 11.2. The molecule has 1 spiro atoms. The Bertz CT molecular complexity index is 368. The second kappa shape index (κ2) is 4.43. The molecule has 0 radical (unpaired) electrons. The molecular weight excluding hydrogens is 212 g/mol. The van der Waals surface area contributed by atoms with Gasteiger partial charge in [-0.05, 0) is 25.3 Å². The molecule has 17 heavy (non-hydrogen) atoms. The van der Waals surface area contributed by atoms with Crippen molar-refractivity contribution in [3.63, 3.8) is 0 Å². The third kappa shape index (κ3) is 2.24. The van der Waals surface area contributed by atoms with E-state index in [2.05, 4.69) is 37.3 Å². The minimum Gasteiger partial charge on any atom is -0.344 e. The van der Waals surface area contributed by atoms with Crippen LogP contribution in [0.15, 0.2) is 30.3 Å². The molecule has 0 amide bonds. The van der Waals surface area contributed by atoms with E-state index in [1.807, 2.05) is 0 Å². The summed E-state index contributed by atoms with van der Waals surface area (Å²) in [5, 5.41) is 0. The first-order valence-electron chi connectivity index (χ1n) is 6.67. The van der Waals surface area contributed by atoms with Gasteiger partial charge >= 0.3 is 0 Å². The molecule has 2 heteroatoms. The molecule has 1 aliphatic heterocycles. The Kier molecular flexibility index (Phi) is 2.93. The van der Waals surface area contributed by atoms with Crippen LogP contribution in [0.2, 0.25) is 0 Å². The topological polar surface area (TPSA) is 18.5 Å². The lowest BCUT2D eigenvalue weighted by Gasteiger charge is -2.21. The molecule has 92 valence electrons. The van der Waals surface area contributed by atoms with Crippen LogP contribution in [0.1, 0.15) is 38.2 Å². The van der Waals surface area contributed by atoms with Crippen molar-refractivity contribution in [2.45, 2.75) is 57.0 Å². The van der Waals surface area contributed by atoms with Crippen LogP contribution in [-0.4, -0.2) is 18.0 Å². The van der Waals surface area contributed by atoms with Gasteiger partial charge in [0, 0.05) is 19.3 Å². The molecular formula is C15H20O2. The van der Waals surface area contributed by atoms with Gasteiger partial charge in [0.1, 0.15) is 0 Å². The van der Waals surface area contributed by atoms with Crippen molar-refractivity contribution in [3.8, 4) is 0 Å². The SMILES string of the molecule is C[C@@H]1OC2(CCCC2)O[C@@H]1Cc1ccccc1. The molecule has 0 aromatic heterocycles. The Balaban J connectivity index is 1.68. The molecule has 1 heterocycles. The van der Waals surface area contributed by atoms with Gasteiger partial charge in [0.05, 0.1) is 12.2 Å². The highest BCUT2D eigenvalue weighted by Crippen LogP contribution is 2.42. The van der Waals surface area contributed by atoms with Crippen molar-refractivity contribution in [2.75, 3.05) is 0 Å². The van der Waals surface area contributed by atoms with Crippen LogP contribution in [0.3, 0.4) is 0 Å². The van der Waals surface area contributed by atoms with Crippen molar-refractivity contribution in [1.29, 1.82) is 0 Å². The maximum Gasteiger partial charge on any atom is 0.169 e. The van der Waals surface area contributed by atoms with Gasteiger partial charge in [-0.25, -0.2) is 0 Å². The summed E-state index contributed by atoms with van der Waals surface area (Å²) in [6, 6.07) is 10.5. The average Bonchev–Trinajstić information content (AvgIpc) is 2.89. The van der Waals surface area contributed by atoms with Crippen molar-refractivity contribution >= 4 is 0 Å². The molecule has 1 saturated heterocycles. The molecule has 2 fully saturated rings. The lowest BCUT2D eigenvalue weighted by atomic mass is 10.1. The molecule has 1 aromatic carbocycles. The van der Waals surface area contributed by atoms with Crippen molar-refractivity contribution in [3.05, 3.63) is 35.9 Å². The zero-order valence-corrected chi connectivity index (χ0v) is 10.4. The highest BCUT2D eigenvalue weighted by atomic mass is 16.8. The summed E-state index contributed by atoms with van der Waals surface area (Å²) in [4.78, 5) is 0. The lowest BCUT2D eigenvalue weighted by molar-refractivity contribution is -0.167. The largest absolute Gasteiger partial charge is 0.344 e. The van der Waals surface area contributed by atoms with Crippen LogP contribution in [0.5, 0.6) is 0 Å². The Labute approximate surface area is 103 Å². The average molecular weight is 232 g/mol. The maximum atomic E-state index is 6.20. The molecule has 0 bridgehead atoms. The molecule has 2 aliphatic rings. The Morgan fingerprint density at radius 3 is 2.53 bits per heavy atom. The number of rotatable bonds is 2. The number of benzene rings is 1. The monoisotopic (exact) mass is 232 g/mol. The van der Waals surface area contributed by atoms with Crippen molar-refractivity contribution < 1.29 is 9.47 Å². The second-order valence-corrected chi connectivity index (χ2v) is 5.29. The smallest absolute Gasteiger partial charge is 0.169 e. The molecule has 1 saturated carbocycles. The molecule has 2 nitrogen and oxygen atoms in total. The van der Waals surface area contributed by atoms with Crippen LogP contribution < -0.4 is 0 Å². The highest BCUT2D eigenvalue weighted by molar-refractivity contribution is 5.16. The minimum absolute atomic E-state index is 0.216. The van der Waals surface area contributed by atoms with Crippen LogP contribution in [0.4, 0.5) is 0 Å². The van der Waals surface area contributed by atoms with E-state index in [4.69, 9.17) is 9.47 Å². The van der Waals surface area contributed by atoms with Gasteiger partial charge in [0.15, 0.2) is 5.79 Å². The fourth-order valence-corrected chi connectivity index (χ4v) is 3.02. The number of hydrogen-bond acceptors (Lipinski definition) is 2. The molecule has 3 rings (SSSR count). The fourth-order valence-electron chi connectivity index (χ4n) is 3.02. The van der Waals surface area contributed by atoms with E-state index >= 15 is 0 Å². The van der Waals surface area contributed by atoms with Gasteiger partial charge in [0.25, 0.3) is 0 Å². The molecule has 1 aliphatic carbocycles. The maximum absolute atomic E-state index is 6.20. The lowest BCUT2D eigenvalue weighted by Crippen LogP contribution is -2.27. The normalized spacial score (nSPS) is 31.1. The van der Waals surface area contributed by atoms with E-state index in [9.17, 15) is 0 Å². The van der Waals surface area contributed by atoms with Gasteiger partial charge in [-0.3, -0.25) is 0 Å². The van der Waals surface area contributed by atoms with E-state index in [0.29, 0.717) is 0 Å². The summed E-state index contributed by atoms with van der Waals surface area (Å²) in [5.41, 5.74) is 1.34. The summed E-state index contributed by atoms with van der Waals surface area (Å²) in [5.74, 6) is -0.237. The summed E-state index contributed by atoms with van der Waals surface area (Å²) >= 11 is 0. The zero-order valence-electron chi connectivity index (χ0n) is 10.4. The van der Waals surface area contributed by atoms with E-state index in [1.165, 1.54) is 18.4 Å². The van der Waals surface area contributed by atoms with Crippen LogP contribution >= 0.6 is 0 Å². The predicted octanol–water partition coefficient (Wildman–Crippen LogP) is 3.30. The molecule has 0 unspecified atom stereocenters. The minimum atomic E-state index is -0.237. The standard InChI is InChI=1S/C15H20O2/c1-12-14(11-13-7-3-2-4-8-13)17-15(16-12)9-5-6-10-15/h2-4,7-8,12,14H,5-6,9-11H2,1H3/t12-,14+/m0/s1. The number of ether oxygens (including phenoxy) is 2. The van der Waals surface area contributed by atoms with E-state index in [1.54, 1.807) is 0 Å². The fraction of sp³-hybridized carbons (Fsp3) is 0.600. The third-order valence-corrected chi connectivity index (χ3v) is 3.94. The van der Waals surface area contributed by atoms with Gasteiger partial charge in [0.2, 0.25) is 0 Å². The first-order chi connectivity index (χ1) is 8.27. The summed E-state index contributed by atoms with van der Waals surface area (Å²) in [6.45, 7) is 2.14. The Hall–Kier alpha value is -0.860. The first-order valence-corrected chi connectivity index (χ1v) is 6.67. The Morgan fingerprint density at radius 2 is 1.82 bits per heavy atom. The van der Waals surface area contributed by atoms with E-state index in [0.717, 1.165) is 19.3 Å². The van der Waals surface area contributed by atoms with Gasteiger partial charge in [-0.1, -0.05) is 30.3 Å². The van der Waals surface area contributed by atoms with Gasteiger partial charge < -0.3 is 9.47 Å². The van der Waals surface area contributed by atoms with E-state index in [-0.39, 0.29) is 18.0 Å². The van der Waals surface area contributed by atoms with Gasteiger partial charge in [-0.2, -0.15) is 0 Å². The molecule has 2 atom stereocenters. The number of hydrogen-bond donors (Lipinski definition) is 0. The summed E-state index contributed by atoms with van der Waals surface area (Å²) in [7, 11) is 0.